The standard InChI is InChI=1S/C19H12NS.ClHO4/c1-2-4-15-13(3-1)5-6-14-7-10-20-11-8-17-16(9-12-21-17)19(20)18(14)15;2-1(3,4)5/h1-12H;(H,2,3,4,5)/q+1;/p-1. The molecule has 0 fully saturated rings. The molecule has 0 unspecified atom stereocenters. The van der Waals surface area contributed by atoms with E-state index in [1.165, 1.54) is 37.1 Å². The van der Waals surface area contributed by atoms with E-state index in [9.17, 15) is 0 Å². The van der Waals surface area contributed by atoms with Crippen molar-refractivity contribution in [2.24, 2.45) is 0 Å². The maximum atomic E-state index is 8.49. The summed E-state index contributed by atoms with van der Waals surface area (Å²) in [6, 6.07) is 19.7. The van der Waals surface area contributed by atoms with Gasteiger partial charge in [0.05, 0.1) is 10.8 Å². The van der Waals surface area contributed by atoms with Crippen molar-refractivity contribution in [3.8, 4) is 0 Å². The molecule has 3 aromatic heterocycles. The monoisotopic (exact) mass is 385 g/mol. The fourth-order valence-electron chi connectivity index (χ4n) is 3.25. The largest absolute Gasteiger partial charge is 0.227 e. The Bertz CT molecular complexity index is 1240. The molecule has 0 aliphatic heterocycles. The first kappa shape index (κ1) is 17.1. The van der Waals surface area contributed by atoms with E-state index in [1.54, 1.807) is 11.3 Å². The maximum absolute atomic E-state index is 8.49. The molecule has 0 N–H and O–H groups in total. The molecule has 0 aliphatic carbocycles. The van der Waals surface area contributed by atoms with Crippen LogP contribution in [0.1, 0.15) is 0 Å². The molecule has 0 radical (unpaired) electrons. The van der Waals surface area contributed by atoms with Crippen LogP contribution in [-0.4, -0.2) is 0 Å². The second-order valence-corrected chi connectivity index (χ2v) is 7.42. The second kappa shape index (κ2) is 6.44. The van der Waals surface area contributed by atoms with Crippen LogP contribution in [0.4, 0.5) is 0 Å². The summed E-state index contributed by atoms with van der Waals surface area (Å²) in [5.41, 5.74) is 1.31. The minimum absolute atomic E-state index is 1.30. The van der Waals surface area contributed by atoms with Crippen molar-refractivity contribution in [1.29, 1.82) is 0 Å². The SMILES string of the molecule is [O-][Cl+3]([O-])([O-])[O-].c1ccc2c(c1)ccc1cc[n+]3ccc4sccc4c3c12. The third-order valence-corrected chi connectivity index (χ3v) is 5.09. The summed E-state index contributed by atoms with van der Waals surface area (Å²) in [7, 11) is -4.94. The summed E-state index contributed by atoms with van der Waals surface area (Å²) >= 11 is 1.80. The lowest BCUT2D eigenvalue weighted by atomic mass is 10.0. The molecule has 0 saturated heterocycles. The van der Waals surface area contributed by atoms with Gasteiger partial charge >= 0.3 is 0 Å². The predicted molar refractivity (Wildman–Crippen MR) is 90.0 cm³/mol. The Labute approximate surface area is 154 Å². The van der Waals surface area contributed by atoms with Crippen LogP contribution in [0.5, 0.6) is 0 Å². The van der Waals surface area contributed by atoms with E-state index >= 15 is 0 Å². The molecule has 3 heterocycles. The van der Waals surface area contributed by atoms with Crippen molar-refractivity contribution >= 4 is 48.5 Å². The average Bonchev–Trinajstić information content (AvgIpc) is 3.08. The molecular formula is C19H12ClNO4S. The van der Waals surface area contributed by atoms with E-state index in [1.807, 2.05) is 0 Å². The van der Waals surface area contributed by atoms with Crippen LogP contribution in [0.25, 0.3) is 37.1 Å². The van der Waals surface area contributed by atoms with Gasteiger partial charge in [0.2, 0.25) is 5.52 Å². The van der Waals surface area contributed by atoms with Gasteiger partial charge in [-0.2, -0.15) is 4.40 Å². The number of fused-ring (bicyclic) bond motifs is 7. The lowest BCUT2D eigenvalue weighted by Gasteiger charge is -2.17. The fourth-order valence-corrected chi connectivity index (χ4v) is 4.03. The van der Waals surface area contributed by atoms with E-state index in [0.717, 1.165) is 0 Å². The van der Waals surface area contributed by atoms with Crippen LogP contribution in [0.15, 0.2) is 72.4 Å². The molecule has 7 heteroatoms. The van der Waals surface area contributed by atoms with E-state index in [-0.39, 0.29) is 0 Å². The minimum Gasteiger partial charge on any atom is -0.222 e. The highest BCUT2D eigenvalue weighted by molar-refractivity contribution is 7.17. The van der Waals surface area contributed by atoms with Crippen molar-refractivity contribution in [2.45, 2.75) is 0 Å². The van der Waals surface area contributed by atoms with Gasteiger partial charge < -0.3 is 0 Å². The van der Waals surface area contributed by atoms with Gasteiger partial charge in [0.15, 0.2) is 12.4 Å². The molecule has 5 aromatic rings. The number of hydrogen-bond donors (Lipinski definition) is 0. The number of hydrogen-bond acceptors (Lipinski definition) is 5. The third kappa shape index (κ3) is 3.22. The van der Waals surface area contributed by atoms with Crippen molar-refractivity contribution in [2.75, 3.05) is 0 Å². The van der Waals surface area contributed by atoms with Gasteiger partial charge in [0.1, 0.15) is 0 Å². The van der Waals surface area contributed by atoms with Crippen LogP contribution in [0.2, 0.25) is 0 Å². The first-order valence-corrected chi connectivity index (χ1v) is 9.77. The van der Waals surface area contributed by atoms with E-state index in [0.29, 0.717) is 0 Å². The number of aromatic nitrogens is 1. The summed E-state index contributed by atoms with van der Waals surface area (Å²) in [6.07, 6.45) is 4.32. The molecule has 0 amide bonds. The van der Waals surface area contributed by atoms with Gasteiger partial charge in [0, 0.05) is 16.8 Å². The molecular weight excluding hydrogens is 374 g/mol. The second-order valence-electron chi connectivity index (χ2n) is 5.71. The Kier molecular flexibility index (Phi) is 4.24. The highest BCUT2D eigenvalue weighted by Crippen LogP contribution is 2.32. The van der Waals surface area contributed by atoms with Crippen LogP contribution in [0.3, 0.4) is 0 Å². The van der Waals surface area contributed by atoms with Crippen LogP contribution in [0, 0.1) is 10.2 Å². The molecule has 0 saturated carbocycles. The number of benzene rings is 2. The molecule has 0 bridgehead atoms. The average molecular weight is 386 g/mol. The third-order valence-electron chi connectivity index (χ3n) is 4.21. The van der Waals surface area contributed by atoms with Crippen LogP contribution >= 0.6 is 11.3 Å². The molecule has 5 nitrogen and oxygen atoms in total. The van der Waals surface area contributed by atoms with Crippen molar-refractivity contribution in [3.63, 3.8) is 0 Å². The summed E-state index contributed by atoms with van der Waals surface area (Å²) in [5, 5.41) is 8.78. The maximum Gasteiger partial charge on any atom is 0.227 e. The molecule has 0 atom stereocenters. The van der Waals surface area contributed by atoms with Gasteiger partial charge in [-0.3, -0.25) is 0 Å². The zero-order valence-electron chi connectivity index (χ0n) is 13.3. The minimum atomic E-state index is -4.94. The topological polar surface area (TPSA) is 96.3 Å². The quantitative estimate of drug-likeness (QED) is 0.281. The van der Waals surface area contributed by atoms with Crippen molar-refractivity contribution in [1.82, 2.24) is 0 Å². The van der Waals surface area contributed by atoms with Gasteiger partial charge in [-0.05, 0) is 27.6 Å². The Morgan fingerprint density at radius 1 is 0.731 bits per heavy atom. The van der Waals surface area contributed by atoms with Crippen molar-refractivity contribution < 1.29 is 33.3 Å². The number of pyridine rings is 2. The summed E-state index contributed by atoms with van der Waals surface area (Å²) in [6.45, 7) is 0. The zero-order chi connectivity index (χ0) is 18.3. The molecule has 5 rings (SSSR count). The normalized spacial score (nSPS) is 11.8. The summed E-state index contributed by atoms with van der Waals surface area (Å²) < 4.78 is 37.6. The van der Waals surface area contributed by atoms with Crippen molar-refractivity contribution in [3.05, 3.63) is 72.4 Å². The Balaban J connectivity index is 0.000000301. The number of halogens is 1. The Hall–Kier alpha value is -2.32. The number of rotatable bonds is 0. The van der Waals surface area contributed by atoms with E-state index in [4.69, 9.17) is 18.6 Å². The first-order chi connectivity index (χ1) is 12.4. The Morgan fingerprint density at radius 2 is 1.42 bits per heavy atom. The fraction of sp³-hybridized carbons (Fsp3) is 0. The van der Waals surface area contributed by atoms with E-state index in [2.05, 4.69) is 76.8 Å². The number of thiophene rings is 1. The van der Waals surface area contributed by atoms with Crippen LogP contribution < -0.4 is 23.0 Å². The molecule has 130 valence electrons. The number of nitrogens with zero attached hydrogens (tertiary/aromatic N) is 1. The Morgan fingerprint density at radius 3 is 2.23 bits per heavy atom. The van der Waals surface area contributed by atoms with Gasteiger partial charge in [-0.1, -0.05) is 36.4 Å². The highest BCUT2D eigenvalue weighted by Gasteiger charge is 2.15. The summed E-state index contributed by atoms with van der Waals surface area (Å²) in [5.74, 6) is 0. The lowest BCUT2D eigenvalue weighted by Crippen LogP contribution is -2.68. The van der Waals surface area contributed by atoms with E-state index < -0.39 is 10.2 Å². The zero-order valence-corrected chi connectivity index (χ0v) is 14.9. The smallest absolute Gasteiger partial charge is 0.222 e. The van der Waals surface area contributed by atoms with Gasteiger partial charge in [-0.15, -0.1) is 21.6 Å². The lowest BCUT2D eigenvalue weighted by molar-refractivity contribution is -2.00. The first-order valence-electron chi connectivity index (χ1n) is 7.65. The van der Waals surface area contributed by atoms with Gasteiger partial charge in [0.25, 0.3) is 0 Å². The molecule has 0 spiro atoms. The molecule has 2 aromatic carbocycles. The predicted octanol–water partition coefficient (Wildman–Crippen LogP) is 0.190. The van der Waals surface area contributed by atoms with Crippen LogP contribution in [-0.2, 0) is 0 Å². The molecule has 0 aliphatic rings. The summed E-state index contributed by atoms with van der Waals surface area (Å²) in [4.78, 5) is 0. The van der Waals surface area contributed by atoms with Gasteiger partial charge in [-0.25, -0.2) is 18.6 Å². The highest BCUT2D eigenvalue weighted by atomic mass is 35.7. The molecule has 26 heavy (non-hydrogen) atoms.